The van der Waals surface area contributed by atoms with E-state index < -0.39 is 0 Å². The van der Waals surface area contributed by atoms with Gasteiger partial charge < -0.3 is 0 Å². The summed E-state index contributed by atoms with van der Waals surface area (Å²) >= 11 is 0. The zero-order valence-corrected chi connectivity index (χ0v) is 7.26. The molecule has 0 bridgehead atoms. The molecule has 0 aliphatic carbocycles. The first-order chi connectivity index (χ1) is 5.77. The number of fused-ring (bicyclic) bond motifs is 1. The first-order valence-corrected chi connectivity index (χ1v) is 4.01. The molecule has 59 valence electrons. The molecule has 1 aromatic carbocycles. The largest absolute Gasteiger partial charge is 0.246 e. The fraction of sp³-hybridized carbons (Fsp3) is 0.182. The molecule has 0 spiro atoms. The van der Waals surface area contributed by atoms with Gasteiger partial charge in [-0.3, -0.25) is 0 Å². The molecule has 1 aromatic heterocycles. The Kier molecular flexibility index (Phi) is 1.58. The number of aryl methyl sites for hydroxylation is 2. The molecular formula is C11H10N. The molecule has 0 fully saturated rings. The maximum Gasteiger partial charge on any atom is 0.0894 e. The number of nitrogens with zero attached hydrogens (tertiary/aromatic N) is 1. The van der Waals surface area contributed by atoms with Gasteiger partial charge in [-0.2, -0.15) is 0 Å². The van der Waals surface area contributed by atoms with Gasteiger partial charge in [0.2, 0.25) is 0 Å². The number of pyridine rings is 1. The monoisotopic (exact) mass is 156 g/mol. The van der Waals surface area contributed by atoms with Crippen LogP contribution in [-0.4, -0.2) is 4.98 Å². The number of hydrogen-bond donors (Lipinski definition) is 0. The van der Waals surface area contributed by atoms with Gasteiger partial charge in [-0.1, -0.05) is 12.1 Å². The molecule has 0 N–H and O–H groups in total. The van der Waals surface area contributed by atoms with E-state index in [2.05, 4.69) is 43.2 Å². The zero-order valence-electron chi connectivity index (χ0n) is 7.26. The molecular weight excluding hydrogens is 146 g/mol. The van der Waals surface area contributed by atoms with Crippen molar-refractivity contribution in [3.63, 3.8) is 0 Å². The SMILES string of the molecule is Cc1cc(C)c2cc[c]nc2c1. The highest BCUT2D eigenvalue weighted by Gasteiger charge is 1.97. The van der Waals surface area contributed by atoms with Crippen molar-refractivity contribution >= 4 is 10.9 Å². The summed E-state index contributed by atoms with van der Waals surface area (Å²) in [5.74, 6) is 0. The molecule has 1 radical (unpaired) electrons. The van der Waals surface area contributed by atoms with Gasteiger partial charge in [0.1, 0.15) is 0 Å². The molecule has 0 atom stereocenters. The van der Waals surface area contributed by atoms with Gasteiger partial charge in [0.05, 0.1) is 11.7 Å². The maximum absolute atomic E-state index is 4.18. The van der Waals surface area contributed by atoms with Gasteiger partial charge in [-0.15, -0.1) is 0 Å². The number of aromatic nitrogens is 1. The summed E-state index contributed by atoms with van der Waals surface area (Å²) in [6, 6.07) is 8.16. The van der Waals surface area contributed by atoms with Crippen LogP contribution in [0.3, 0.4) is 0 Å². The van der Waals surface area contributed by atoms with Gasteiger partial charge in [0.15, 0.2) is 0 Å². The van der Waals surface area contributed by atoms with E-state index in [0.717, 1.165) is 5.52 Å². The van der Waals surface area contributed by atoms with Gasteiger partial charge in [-0.25, -0.2) is 4.98 Å². The average Bonchev–Trinajstić information content (AvgIpc) is 2.04. The van der Waals surface area contributed by atoms with Crippen LogP contribution in [0.2, 0.25) is 0 Å². The average molecular weight is 156 g/mol. The first kappa shape index (κ1) is 7.29. The van der Waals surface area contributed by atoms with Crippen molar-refractivity contribution in [1.29, 1.82) is 0 Å². The summed E-state index contributed by atoms with van der Waals surface area (Å²) in [6.07, 6.45) is 2.84. The second-order valence-electron chi connectivity index (χ2n) is 3.09. The first-order valence-electron chi connectivity index (χ1n) is 4.01. The third-order valence-electron chi connectivity index (χ3n) is 2.02. The highest BCUT2D eigenvalue weighted by atomic mass is 14.6. The lowest BCUT2D eigenvalue weighted by Crippen LogP contribution is -1.83. The van der Waals surface area contributed by atoms with Crippen molar-refractivity contribution in [2.24, 2.45) is 0 Å². The Morgan fingerprint density at radius 3 is 2.92 bits per heavy atom. The molecule has 1 nitrogen and oxygen atoms in total. The highest BCUT2D eigenvalue weighted by molar-refractivity contribution is 5.82. The van der Waals surface area contributed by atoms with Crippen LogP contribution in [0.1, 0.15) is 11.1 Å². The summed E-state index contributed by atoms with van der Waals surface area (Å²) in [5.41, 5.74) is 3.58. The van der Waals surface area contributed by atoms with Crippen LogP contribution < -0.4 is 0 Å². The molecule has 0 aliphatic heterocycles. The van der Waals surface area contributed by atoms with Crippen molar-refractivity contribution in [3.05, 3.63) is 41.6 Å². The zero-order chi connectivity index (χ0) is 8.55. The summed E-state index contributed by atoms with van der Waals surface area (Å²) in [6.45, 7) is 4.19. The third-order valence-corrected chi connectivity index (χ3v) is 2.02. The minimum Gasteiger partial charge on any atom is -0.246 e. The van der Waals surface area contributed by atoms with Crippen LogP contribution in [0.4, 0.5) is 0 Å². The Bertz CT molecular complexity index is 418. The molecule has 1 heterocycles. The van der Waals surface area contributed by atoms with Crippen LogP contribution in [0.25, 0.3) is 10.9 Å². The maximum atomic E-state index is 4.18. The summed E-state index contributed by atoms with van der Waals surface area (Å²) < 4.78 is 0. The molecule has 0 saturated carbocycles. The molecule has 1 heteroatoms. The van der Waals surface area contributed by atoms with E-state index in [4.69, 9.17) is 0 Å². The van der Waals surface area contributed by atoms with E-state index in [1.54, 1.807) is 0 Å². The number of rotatable bonds is 0. The van der Waals surface area contributed by atoms with Gasteiger partial charge in [0.25, 0.3) is 0 Å². The Balaban J connectivity index is 2.89. The van der Waals surface area contributed by atoms with Crippen LogP contribution in [-0.2, 0) is 0 Å². The number of hydrogen-bond acceptors (Lipinski definition) is 1. The van der Waals surface area contributed by atoms with Gasteiger partial charge >= 0.3 is 0 Å². The predicted octanol–water partition coefficient (Wildman–Crippen LogP) is 2.65. The van der Waals surface area contributed by atoms with E-state index in [1.165, 1.54) is 16.5 Å². The molecule has 2 aromatic rings. The number of benzene rings is 1. The van der Waals surface area contributed by atoms with E-state index >= 15 is 0 Å². The summed E-state index contributed by atoms with van der Waals surface area (Å²) in [4.78, 5) is 4.18. The van der Waals surface area contributed by atoms with Crippen LogP contribution in [0.15, 0.2) is 24.3 Å². The van der Waals surface area contributed by atoms with Crippen LogP contribution >= 0.6 is 0 Å². The van der Waals surface area contributed by atoms with Crippen molar-refractivity contribution in [3.8, 4) is 0 Å². The van der Waals surface area contributed by atoms with E-state index in [-0.39, 0.29) is 0 Å². The Morgan fingerprint density at radius 2 is 2.08 bits per heavy atom. The van der Waals surface area contributed by atoms with Crippen LogP contribution in [0.5, 0.6) is 0 Å². The Morgan fingerprint density at radius 1 is 1.25 bits per heavy atom. The van der Waals surface area contributed by atoms with Crippen LogP contribution in [0, 0.1) is 20.0 Å². The highest BCUT2D eigenvalue weighted by Crippen LogP contribution is 2.17. The normalized spacial score (nSPS) is 10.5. The molecule has 2 rings (SSSR count). The lowest BCUT2D eigenvalue weighted by Gasteiger charge is -2.01. The summed E-state index contributed by atoms with van der Waals surface area (Å²) in [7, 11) is 0. The lowest BCUT2D eigenvalue weighted by atomic mass is 10.1. The fourth-order valence-electron chi connectivity index (χ4n) is 1.49. The smallest absolute Gasteiger partial charge is 0.0894 e. The van der Waals surface area contributed by atoms with Crippen molar-refractivity contribution < 1.29 is 0 Å². The molecule has 12 heavy (non-hydrogen) atoms. The minimum atomic E-state index is 1.04. The van der Waals surface area contributed by atoms with Crippen molar-refractivity contribution in [2.45, 2.75) is 13.8 Å². The lowest BCUT2D eigenvalue weighted by molar-refractivity contribution is 1.35. The van der Waals surface area contributed by atoms with Crippen molar-refractivity contribution in [2.75, 3.05) is 0 Å². The minimum absolute atomic E-state index is 1.04. The van der Waals surface area contributed by atoms with Crippen molar-refractivity contribution in [1.82, 2.24) is 4.98 Å². The second-order valence-corrected chi connectivity index (χ2v) is 3.09. The summed E-state index contributed by atoms with van der Waals surface area (Å²) in [5, 5.41) is 1.22. The van der Waals surface area contributed by atoms with Gasteiger partial charge in [-0.05, 0) is 37.1 Å². The van der Waals surface area contributed by atoms with Gasteiger partial charge in [0, 0.05) is 5.39 Å². The standard InChI is InChI=1S/C11H10N/c1-8-6-9(2)10-4-3-5-12-11(10)7-8/h3-4,6-7H,1-2H3. The molecule has 0 unspecified atom stereocenters. The topological polar surface area (TPSA) is 12.9 Å². The van der Waals surface area contributed by atoms with E-state index in [0.29, 0.717) is 0 Å². The fourth-order valence-corrected chi connectivity index (χ4v) is 1.49. The Hall–Kier alpha value is -1.37. The van der Waals surface area contributed by atoms with E-state index in [1.807, 2.05) is 6.07 Å². The Labute approximate surface area is 72.1 Å². The molecule has 0 saturated heterocycles. The molecule has 0 amide bonds. The van der Waals surface area contributed by atoms with E-state index in [9.17, 15) is 0 Å². The predicted molar refractivity (Wildman–Crippen MR) is 50.1 cm³/mol. The third kappa shape index (κ3) is 1.07. The second kappa shape index (κ2) is 2.59. The molecule has 0 aliphatic rings. The quantitative estimate of drug-likeness (QED) is 0.571.